The fourth-order valence-corrected chi connectivity index (χ4v) is 1.36. The Hall–Kier alpha value is -0.850. The van der Waals surface area contributed by atoms with Crippen LogP contribution >= 0.6 is 0 Å². The lowest BCUT2D eigenvalue weighted by Crippen LogP contribution is -2.15. The molecule has 1 aromatic heterocycles. The molecule has 1 nitrogen and oxygen atoms in total. The molecule has 1 unspecified atom stereocenters. The standard InChI is InChI=1S/C8H9N/c1-6-5-7-3-2-4-9-8(6)7/h2-4,6H,5H2,1H3. The summed E-state index contributed by atoms with van der Waals surface area (Å²) in [6.07, 6.45) is 3.09. The van der Waals surface area contributed by atoms with Crippen molar-refractivity contribution in [2.24, 2.45) is 0 Å². The van der Waals surface area contributed by atoms with Crippen LogP contribution in [0.4, 0.5) is 0 Å². The van der Waals surface area contributed by atoms with E-state index in [4.69, 9.17) is 0 Å². The quantitative estimate of drug-likeness (QED) is 0.507. The van der Waals surface area contributed by atoms with Crippen molar-refractivity contribution in [3.05, 3.63) is 29.6 Å². The molecule has 0 aliphatic heterocycles. The van der Waals surface area contributed by atoms with Crippen molar-refractivity contribution in [3.63, 3.8) is 0 Å². The SMILES string of the molecule is CC1Cc2cccnc21. The highest BCUT2D eigenvalue weighted by molar-refractivity contribution is 5.32. The first-order valence-corrected chi connectivity index (χ1v) is 3.31. The van der Waals surface area contributed by atoms with Crippen LogP contribution in [0.25, 0.3) is 0 Å². The van der Waals surface area contributed by atoms with Gasteiger partial charge in [0.1, 0.15) is 0 Å². The van der Waals surface area contributed by atoms with E-state index in [1.54, 1.807) is 0 Å². The van der Waals surface area contributed by atoms with Gasteiger partial charge in [-0.05, 0) is 18.1 Å². The van der Waals surface area contributed by atoms with Crippen molar-refractivity contribution in [2.45, 2.75) is 19.3 Å². The third-order valence-corrected chi connectivity index (χ3v) is 1.92. The minimum absolute atomic E-state index is 0.709. The molecule has 0 saturated carbocycles. The molecule has 1 heteroatoms. The number of hydrogen-bond donors (Lipinski definition) is 0. The van der Waals surface area contributed by atoms with Gasteiger partial charge in [0.25, 0.3) is 0 Å². The van der Waals surface area contributed by atoms with Crippen molar-refractivity contribution < 1.29 is 0 Å². The average molecular weight is 119 g/mol. The van der Waals surface area contributed by atoms with Crippen LogP contribution in [-0.2, 0) is 6.42 Å². The third kappa shape index (κ3) is 0.576. The Morgan fingerprint density at radius 1 is 1.67 bits per heavy atom. The maximum absolute atomic E-state index is 4.25. The van der Waals surface area contributed by atoms with Crippen molar-refractivity contribution >= 4 is 0 Å². The summed E-state index contributed by atoms with van der Waals surface area (Å²) >= 11 is 0. The molecule has 0 aromatic carbocycles. The fraction of sp³-hybridized carbons (Fsp3) is 0.375. The van der Waals surface area contributed by atoms with Gasteiger partial charge in [-0.3, -0.25) is 4.98 Å². The molecule has 0 N–H and O–H groups in total. The predicted octanol–water partition coefficient (Wildman–Crippen LogP) is 1.74. The predicted molar refractivity (Wildman–Crippen MR) is 36.4 cm³/mol. The molecule has 46 valence electrons. The van der Waals surface area contributed by atoms with Gasteiger partial charge in [-0.1, -0.05) is 13.0 Å². The van der Waals surface area contributed by atoms with Gasteiger partial charge in [0.15, 0.2) is 0 Å². The summed E-state index contributed by atoms with van der Waals surface area (Å²) in [6, 6.07) is 4.16. The lowest BCUT2D eigenvalue weighted by molar-refractivity contribution is 0.635. The highest BCUT2D eigenvalue weighted by Crippen LogP contribution is 2.31. The first-order valence-electron chi connectivity index (χ1n) is 3.31. The highest BCUT2D eigenvalue weighted by Gasteiger charge is 2.21. The molecule has 0 fully saturated rings. The Morgan fingerprint density at radius 2 is 2.56 bits per heavy atom. The van der Waals surface area contributed by atoms with E-state index >= 15 is 0 Å². The largest absolute Gasteiger partial charge is 0.261 e. The smallest absolute Gasteiger partial charge is 0.0467 e. The molecule has 1 aliphatic rings. The van der Waals surface area contributed by atoms with Crippen LogP contribution in [-0.4, -0.2) is 4.98 Å². The maximum atomic E-state index is 4.25. The lowest BCUT2D eigenvalue weighted by Gasteiger charge is -2.24. The molecular formula is C8H9N. The zero-order chi connectivity index (χ0) is 6.27. The molecule has 2 rings (SSSR count). The van der Waals surface area contributed by atoms with E-state index in [1.807, 2.05) is 12.3 Å². The summed E-state index contributed by atoms with van der Waals surface area (Å²) in [6.45, 7) is 2.22. The number of fused-ring (bicyclic) bond motifs is 1. The van der Waals surface area contributed by atoms with E-state index in [0.29, 0.717) is 5.92 Å². The number of nitrogens with zero attached hydrogens (tertiary/aromatic N) is 1. The summed E-state index contributed by atoms with van der Waals surface area (Å²) in [5.74, 6) is 0.709. The van der Waals surface area contributed by atoms with Crippen molar-refractivity contribution in [2.75, 3.05) is 0 Å². The topological polar surface area (TPSA) is 12.9 Å². The van der Waals surface area contributed by atoms with E-state index in [-0.39, 0.29) is 0 Å². The summed E-state index contributed by atoms with van der Waals surface area (Å²) in [5, 5.41) is 0. The molecule has 0 bridgehead atoms. The molecule has 1 aliphatic carbocycles. The van der Waals surface area contributed by atoms with Crippen LogP contribution in [0.3, 0.4) is 0 Å². The second kappa shape index (κ2) is 1.56. The molecule has 1 heterocycles. The van der Waals surface area contributed by atoms with Crippen molar-refractivity contribution in [1.29, 1.82) is 0 Å². The lowest BCUT2D eigenvalue weighted by atomic mass is 9.84. The summed E-state index contributed by atoms with van der Waals surface area (Å²) < 4.78 is 0. The second-order valence-corrected chi connectivity index (χ2v) is 2.65. The molecule has 9 heavy (non-hydrogen) atoms. The zero-order valence-corrected chi connectivity index (χ0v) is 5.46. The van der Waals surface area contributed by atoms with Gasteiger partial charge in [0.05, 0.1) is 0 Å². The van der Waals surface area contributed by atoms with Crippen molar-refractivity contribution in [3.8, 4) is 0 Å². The van der Waals surface area contributed by atoms with Gasteiger partial charge < -0.3 is 0 Å². The molecule has 0 radical (unpaired) electrons. The maximum Gasteiger partial charge on any atom is 0.0467 e. The minimum atomic E-state index is 0.709. The number of aromatic nitrogens is 1. The minimum Gasteiger partial charge on any atom is -0.261 e. The normalized spacial score (nSPS) is 22.6. The Bertz CT molecular complexity index is 230. The Kier molecular flexibility index (Phi) is 0.865. The third-order valence-electron chi connectivity index (χ3n) is 1.92. The van der Waals surface area contributed by atoms with Crippen LogP contribution in [0.2, 0.25) is 0 Å². The van der Waals surface area contributed by atoms with E-state index in [9.17, 15) is 0 Å². The molecular weight excluding hydrogens is 110 g/mol. The first-order chi connectivity index (χ1) is 4.38. The van der Waals surface area contributed by atoms with Gasteiger partial charge in [0, 0.05) is 17.8 Å². The Labute approximate surface area is 54.7 Å². The zero-order valence-electron chi connectivity index (χ0n) is 5.46. The van der Waals surface area contributed by atoms with Crippen LogP contribution in [0.15, 0.2) is 18.3 Å². The van der Waals surface area contributed by atoms with Gasteiger partial charge in [-0.15, -0.1) is 0 Å². The van der Waals surface area contributed by atoms with E-state index in [2.05, 4.69) is 18.0 Å². The van der Waals surface area contributed by atoms with Crippen LogP contribution in [0.5, 0.6) is 0 Å². The number of rotatable bonds is 0. The van der Waals surface area contributed by atoms with E-state index in [1.165, 1.54) is 17.7 Å². The van der Waals surface area contributed by atoms with Crippen molar-refractivity contribution in [1.82, 2.24) is 4.98 Å². The van der Waals surface area contributed by atoms with Crippen LogP contribution < -0.4 is 0 Å². The molecule has 0 spiro atoms. The summed E-state index contributed by atoms with van der Waals surface area (Å²) in [4.78, 5) is 4.25. The van der Waals surface area contributed by atoms with E-state index < -0.39 is 0 Å². The summed E-state index contributed by atoms with van der Waals surface area (Å²) in [7, 11) is 0. The highest BCUT2D eigenvalue weighted by atomic mass is 14.7. The molecule has 1 atom stereocenters. The number of pyridine rings is 1. The van der Waals surface area contributed by atoms with Gasteiger partial charge in [-0.2, -0.15) is 0 Å². The first kappa shape index (κ1) is 4.98. The van der Waals surface area contributed by atoms with E-state index in [0.717, 1.165) is 0 Å². The molecule has 1 aromatic rings. The molecule has 0 amide bonds. The van der Waals surface area contributed by atoms with Gasteiger partial charge >= 0.3 is 0 Å². The Morgan fingerprint density at radius 3 is 3.11 bits per heavy atom. The van der Waals surface area contributed by atoms with Crippen LogP contribution in [0, 0.1) is 0 Å². The molecule has 0 saturated heterocycles. The Balaban J connectivity index is 2.51. The summed E-state index contributed by atoms with van der Waals surface area (Å²) in [5.41, 5.74) is 2.74. The second-order valence-electron chi connectivity index (χ2n) is 2.65. The monoisotopic (exact) mass is 119 g/mol. The van der Waals surface area contributed by atoms with Crippen LogP contribution in [0.1, 0.15) is 24.1 Å². The van der Waals surface area contributed by atoms with Gasteiger partial charge in [0.2, 0.25) is 0 Å². The fourth-order valence-electron chi connectivity index (χ4n) is 1.36. The van der Waals surface area contributed by atoms with Gasteiger partial charge in [-0.25, -0.2) is 0 Å². The number of hydrogen-bond acceptors (Lipinski definition) is 1. The average Bonchev–Trinajstić information content (AvgIpc) is 1.86.